The van der Waals surface area contributed by atoms with Gasteiger partial charge in [-0.2, -0.15) is 4.39 Å². The number of aromatic nitrogens is 15. The van der Waals surface area contributed by atoms with Gasteiger partial charge in [-0.1, -0.05) is 37.3 Å². The molecule has 17 atom stereocenters. The van der Waals surface area contributed by atoms with Crippen LogP contribution < -0.4 is 24.9 Å². The van der Waals surface area contributed by atoms with Crippen molar-refractivity contribution in [1.82, 2.24) is 99.3 Å². The molecule has 5 aliphatic carbocycles. The molecule has 5 aliphatic heterocycles. The van der Waals surface area contributed by atoms with E-state index in [4.69, 9.17) is 24.8 Å². The molecule has 4 unspecified atom stereocenters. The van der Waals surface area contributed by atoms with Crippen molar-refractivity contribution in [1.29, 1.82) is 0 Å². The highest BCUT2D eigenvalue weighted by Gasteiger charge is 2.53. The van der Waals surface area contributed by atoms with Gasteiger partial charge in [0.25, 0.3) is 0 Å². The quantitative estimate of drug-likeness (QED) is 0.0437. The van der Waals surface area contributed by atoms with Crippen molar-refractivity contribution in [2.24, 2.45) is 71.0 Å². The average molecular weight is 1760 g/mol. The first-order valence-electron chi connectivity index (χ1n) is 44.5. The number of H-pyrrole nitrogens is 5. The number of carbonyl (C=O) groups excluding carboxylic acids is 5. The van der Waals surface area contributed by atoms with Crippen molar-refractivity contribution in [2.45, 2.75) is 121 Å². The molecule has 128 heavy (non-hydrogen) atoms. The summed E-state index contributed by atoms with van der Waals surface area (Å²) in [6.45, 7) is 14.4. The van der Waals surface area contributed by atoms with Crippen LogP contribution in [0.5, 0.6) is 0 Å². The molecular weight excluding hydrogens is 1650 g/mol. The Kier molecular flexibility index (Phi) is 25.7. The number of anilines is 5. The number of nitrogens with one attached hydrogen (secondary N) is 6. The standard InChI is InChI=1S/C23H27N5O2.C18H25N5O2.C17H23N5O3.2C16H20FN5O2/c1-15-19-12-28(23(29)30-13-16-6-4-3-5-7-16)11-17(19)10-20(15)27(2)22-18-8-9-24-21(18)25-14-26-22;1-18(2,3)25-17(24)23-8-11-6-13(7-12(11)9-23)22-16-14-4-5-19-15(14)20-10-21-16;1-21(17-11-2-3-18-16(11)19-9-20-17)14-4-10-5-22(15(25)8-24)6-12(10)13(14)7-23;1-21(16-14-12(17)4-18-15(14)19-8-20-16)11-2-9-5-22(13(24)7-23)6-10(9)3-11;1-21(16-12-4-13(17)20-15(12)18-8-19-16)11-2-9-5-22(14(24)7-23)6-10(9)3-11/h3-9,14-15,17,19-20H,10-13H2,1-2H3,(H,24,25,26);4-5,10-13H,6-9H2,1-3H3,(H2,19,20,21,22);2-3,9-10,12-14,23-24H,4-8H2,1H3,(H,18,19,20);2*4,8-11,23H,2-3,5-7H2,1H3,(H,18,19,20)/t15-,17-,19-,20+;11-,12+,13?;10-,12+,13-,14?;2*9-,10+,11?/m1.0../s1. The molecule has 680 valence electrons. The van der Waals surface area contributed by atoms with Gasteiger partial charge < -0.3 is 104 Å². The normalized spacial score (nSPS) is 26.4. The molecule has 5 saturated heterocycles. The number of hydrogen-bond donors (Lipinski definition) is 10. The number of halogens is 2. The average Bonchev–Trinajstić information content (AvgIpc) is 1.61. The molecule has 21 rings (SSSR count). The van der Waals surface area contributed by atoms with Gasteiger partial charge in [-0.25, -0.2) is 63.8 Å². The molecule has 5 amide bonds. The second-order valence-electron chi connectivity index (χ2n) is 37.4. The van der Waals surface area contributed by atoms with Crippen molar-refractivity contribution in [2.75, 3.05) is 145 Å². The van der Waals surface area contributed by atoms with Crippen LogP contribution in [0.4, 0.5) is 47.5 Å². The van der Waals surface area contributed by atoms with E-state index in [0.717, 1.165) is 139 Å². The van der Waals surface area contributed by atoms with Crippen LogP contribution in [-0.2, 0) is 30.5 Å². The summed E-state index contributed by atoms with van der Waals surface area (Å²) in [5.41, 5.74) is 4.10. The highest BCUT2D eigenvalue weighted by atomic mass is 19.1. The summed E-state index contributed by atoms with van der Waals surface area (Å²) in [5.74, 6) is 7.68. The Morgan fingerprint density at radius 1 is 0.469 bits per heavy atom. The van der Waals surface area contributed by atoms with Crippen molar-refractivity contribution in [3.05, 3.63) is 128 Å². The Balaban J connectivity index is 0.000000113. The molecule has 1 aromatic carbocycles. The Morgan fingerprint density at radius 2 is 0.906 bits per heavy atom. The number of hydrogen-bond acceptors (Lipinski definition) is 26. The lowest BCUT2D eigenvalue weighted by Gasteiger charge is -2.32. The predicted molar refractivity (Wildman–Crippen MR) is 474 cm³/mol. The fraction of sp³-hybridized carbons (Fsp3) is 0.544. The van der Waals surface area contributed by atoms with Crippen molar-refractivity contribution >= 4 is 114 Å². The summed E-state index contributed by atoms with van der Waals surface area (Å²) in [4.78, 5) is 135. The van der Waals surface area contributed by atoms with Gasteiger partial charge in [0.05, 0.1) is 26.9 Å². The van der Waals surface area contributed by atoms with E-state index < -0.39 is 31.4 Å². The number of likely N-dealkylation sites (tertiary alicyclic amines) is 5. The molecule has 10 N–H and O–H groups in total. The second kappa shape index (κ2) is 37.3. The van der Waals surface area contributed by atoms with Gasteiger partial charge in [-0.05, 0) is 161 Å². The van der Waals surface area contributed by atoms with Gasteiger partial charge in [0.2, 0.25) is 17.7 Å². The van der Waals surface area contributed by atoms with Crippen LogP contribution >= 0.6 is 0 Å². The summed E-state index contributed by atoms with van der Waals surface area (Å²) in [6.07, 6.45) is 22.1. The maximum Gasteiger partial charge on any atom is 0.410 e. The molecule has 10 aliphatic rings. The molecule has 0 bridgehead atoms. The molecular formula is C90H115F2N25O11. The number of carbonyl (C=O) groups is 5. The highest BCUT2D eigenvalue weighted by Crippen LogP contribution is 2.49. The number of nitrogens with zero attached hydrogens (tertiary/aromatic N) is 19. The van der Waals surface area contributed by atoms with E-state index in [-0.39, 0.29) is 66.3 Å². The van der Waals surface area contributed by atoms with Gasteiger partial charge >= 0.3 is 12.2 Å². The summed E-state index contributed by atoms with van der Waals surface area (Å²) in [7, 11) is 8.06. The third-order valence-electron chi connectivity index (χ3n) is 29.0. The zero-order valence-electron chi connectivity index (χ0n) is 73.4. The van der Waals surface area contributed by atoms with E-state index in [1.54, 1.807) is 33.7 Å². The van der Waals surface area contributed by atoms with Crippen molar-refractivity contribution in [3.63, 3.8) is 0 Å². The maximum absolute atomic E-state index is 14.1. The Morgan fingerprint density at radius 3 is 1.45 bits per heavy atom. The van der Waals surface area contributed by atoms with Crippen LogP contribution in [0.15, 0.2) is 111 Å². The lowest BCUT2D eigenvalue weighted by Crippen LogP contribution is -2.41. The van der Waals surface area contributed by atoms with Gasteiger partial charge in [0.15, 0.2) is 11.8 Å². The first-order valence-corrected chi connectivity index (χ1v) is 44.5. The molecule has 11 aromatic rings. The van der Waals surface area contributed by atoms with Crippen molar-refractivity contribution in [3.8, 4) is 0 Å². The first kappa shape index (κ1) is 88.0. The van der Waals surface area contributed by atoms with Gasteiger partial charge in [0.1, 0.15) is 121 Å². The minimum atomic E-state index is -0.445. The van der Waals surface area contributed by atoms with E-state index in [9.17, 15) is 37.9 Å². The molecule has 15 heterocycles. The third-order valence-corrected chi connectivity index (χ3v) is 29.0. The van der Waals surface area contributed by atoms with E-state index in [0.29, 0.717) is 151 Å². The highest BCUT2D eigenvalue weighted by molar-refractivity contribution is 5.91. The molecule has 38 heteroatoms. The number of aliphatic hydroxyl groups excluding tert-OH is 4. The Hall–Kier alpha value is -12.0. The minimum absolute atomic E-state index is 0.0791. The van der Waals surface area contributed by atoms with Crippen molar-refractivity contribution < 1.29 is 62.7 Å². The smallest absolute Gasteiger partial charge is 0.410 e. The van der Waals surface area contributed by atoms with Gasteiger partial charge in [-0.3, -0.25) is 14.4 Å². The molecule has 0 radical (unpaired) electrons. The largest absolute Gasteiger partial charge is 0.445 e. The number of benzene rings is 1. The molecule has 10 aromatic heterocycles. The minimum Gasteiger partial charge on any atom is -0.445 e. The summed E-state index contributed by atoms with van der Waals surface area (Å²) in [6, 6.07) is 18.8. The number of ether oxygens (including phenoxy) is 2. The molecule has 36 nitrogen and oxygen atoms in total. The predicted octanol–water partition coefficient (Wildman–Crippen LogP) is 8.07. The monoisotopic (exact) mass is 1760 g/mol. The van der Waals surface area contributed by atoms with Gasteiger partial charge in [-0.15, -0.1) is 0 Å². The van der Waals surface area contributed by atoms with E-state index >= 15 is 0 Å². The second-order valence-corrected chi connectivity index (χ2v) is 37.4. The molecule has 10 fully saturated rings. The maximum atomic E-state index is 14.1. The summed E-state index contributed by atoms with van der Waals surface area (Å²) < 4.78 is 38.6. The fourth-order valence-electron chi connectivity index (χ4n) is 22.6. The van der Waals surface area contributed by atoms with Crippen LogP contribution in [0.1, 0.15) is 84.6 Å². The third kappa shape index (κ3) is 18.2. The SMILES string of the molecule is CC(C)(C)OC(=O)N1C[C@H]2CC(Nc3ncnc4[nH]ccc34)C[C@H]2C1.CN(c1ncnc2[nH]c(F)cc12)C1C[C@@H]2CN(C(=O)CO)C[C@@H]2C1.CN(c1ncnc2[nH]cc(F)c12)C1C[C@@H]2CN(C(=O)CO)C[C@@H]2C1.CN(c1ncnc2[nH]ccc12)C1C[C@H]2CN(C(=O)CO)C[C@H]2[C@@H]1CO.C[C@@H]1[C@H]2CN(C(=O)OCc3ccccc3)C[C@H]2C[C@@H]1N(C)c1ncnc2[nH]ccc12. The number of fused-ring (bicyclic) bond motifs is 10. The Labute approximate surface area is 738 Å². The lowest BCUT2D eigenvalue weighted by molar-refractivity contribution is -0.134. The molecule has 0 spiro atoms. The Bertz CT molecular complexity index is 5700. The number of aliphatic hydroxyl groups is 4. The van der Waals surface area contributed by atoms with Crippen LogP contribution in [-0.4, -0.2) is 305 Å². The zero-order valence-corrected chi connectivity index (χ0v) is 73.4. The first-order chi connectivity index (χ1) is 61.8. The van der Waals surface area contributed by atoms with E-state index in [1.807, 2.05) is 124 Å². The van der Waals surface area contributed by atoms with Crippen LogP contribution in [0.2, 0.25) is 0 Å². The topological polar surface area (TPSA) is 434 Å². The van der Waals surface area contributed by atoms with E-state index in [1.165, 1.54) is 24.9 Å². The van der Waals surface area contributed by atoms with Crippen LogP contribution in [0.25, 0.3) is 55.2 Å². The zero-order chi connectivity index (χ0) is 89.5. The molecule has 5 saturated carbocycles. The van der Waals surface area contributed by atoms with Gasteiger partial charge in [0, 0.05) is 167 Å². The fourth-order valence-corrected chi connectivity index (χ4v) is 22.6. The number of rotatable bonds is 16. The lowest BCUT2D eigenvalue weighted by atomic mass is 9.91. The summed E-state index contributed by atoms with van der Waals surface area (Å²) in [5, 5.41) is 44.8. The van der Waals surface area contributed by atoms with E-state index in [2.05, 4.69) is 109 Å². The van der Waals surface area contributed by atoms with Crippen LogP contribution in [0, 0.1) is 82.8 Å². The number of amides is 5. The number of aromatic amines is 5. The van der Waals surface area contributed by atoms with Crippen LogP contribution in [0.3, 0.4) is 0 Å². The summed E-state index contributed by atoms with van der Waals surface area (Å²) >= 11 is 0.